The van der Waals surface area contributed by atoms with Gasteiger partial charge in [-0.05, 0) is 42.0 Å². The topological polar surface area (TPSA) is 66.5 Å². The van der Waals surface area contributed by atoms with E-state index in [0.29, 0.717) is 49.9 Å². The fraction of sp³-hybridized carbons (Fsp3) is 0.174. The lowest BCUT2D eigenvalue weighted by Gasteiger charge is -2.31. The van der Waals surface area contributed by atoms with Crippen LogP contribution in [-0.2, 0) is 20.6 Å². The summed E-state index contributed by atoms with van der Waals surface area (Å²) in [4.78, 5) is 12.8. The normalized spacial score (nSPS) is 13.8. The Morgan fingerprint density at radius 1 is 0.939 bits per heavy atom. The van der Waals surface area contributed by atoms with Crippen LogP contribution in [0.1, 0.15) is 5.56 Å². The van der Waals surface area contributed by atoms with Gasteiger partial charge in [-0.1, -0.05) is 59.1 Å². The Balaban J connectivity index is 1.40. The van der Waals surface area contributed by atoms with Gasteiger partial charge >= 0.3 is 0 Å². The minimum Gasteiger partial charge on any atom is -0.354 e. The average Bonchev–Trinajstić information content (AvgIpc) is 2.78. The summed E-state index contributed by atoms with van der Waals surface area (Å²) in [5, 5.41) is 4.48. The molecule has 0 unspecified atom stereocenters. The maximum atomic E-state index is 13.3. The molecule has 0 saturated heterocycles. The highest BCUT2D eigenvalue weighted by Gasteiger charge is 2.35. The molecule has 172 valence electrons. The number of rotatable bonds is 7. The number of carbonyl (C=O) groups is 1. The first-order chi connectivity index (χ1) is 15.8. The molecule has 33 heavy (non-hydrogen) atoms. The first-order valence-electron chi connectivity index (χ1n) is 9.97. The van der Waals surface area contributed by atoms with Crippen molar-refractivity contribution in [3.63, 3.8) is 0 Å². The highest BCUT2D eigenvalue weighted by Crippen LogP contribution is 2.43. The highest BCUT2D eigenvalue weighted by atomic mass is 35.5. The molecule has 10 heteroatoms. The zero-order valence-corrected chi connectivity index (χ0v) is 21.1. The van der Waals surface area contributed by atoms with Crippen LogP contribution in [0.15, 0.2) is 65.6 Å². The van der Waals surface area contributed by atoms with Crippen LogP contribution < -0.4 is 9.62 Å². The Hall–Kier alpha value is -1.90. The van der Waals surface area contributed by atoms with E-state index in [1.54, 1.807) is 60.3 Å². The van der Waals surface area contributed by atoms with Crippen molar-refractivity contribution in [2.45, 2.75) is 10.6 Å². The standard InChI is InChI=1S/C23H19Cl3N2O3S2/c24-16-7-8-21-19(11-16)18-3-1-2-4-22(18)33(30,31)28(21)13-23(29)27-9-10-32-14-15-5-6-17(25)12-20(15)26/h1-8,11-12H,9-10,13-14H2,(H,27,29). The highest BCUT2D eigenvalue weighted by molar-refractivity contribution is 7.98. The number of nitrogens with one attached hydrogen (secondary N) is 1. The molecule has 1 aliphatic rings. The van der Waals surface area contributed by atoms with Crippen molar-refractivity contribution in [1.29, 1.82) is 0 Å². The summed E-state index contributed by atoms with van der Waals surface area (Å²) in [6.45, 7) is 0.0750. The summed E-state index contributed by atoms with van der Waals surface area (Å²) < 4.78 is 27.7. The number of anilines is 1. The van der Waals surface area contributed by atoms with Crippen molar-refractivity contribution in [2.75, 3.05) is 23.1 Å². The molecule has 0 aliphatic carbocycles. The van der Waals surface area contributed by atoms with E-state index in [1.807, 2.05) is 6.07 Å². The third kappa shape index (κ3) is 5.28. The van der Waals surface area contributed by atoms with Gasteiger partial charge in [-0.2, -0.15) is 11.8 Å². The van der Waals surface area contributed by atoms with Gasteiger partial charge in [0.1, 0.15) is 6.54 Å². The number of amides is 1. The van der Waals surface area contributed by atoms with Crippen molar-refractivity contribution < 1.29 is 13.2 Å². The van der Waals surface area contributed by atoms with Gasteiger partial charge in [0.2, 0.25) is 5.91 Å². The summed E-state index contributed by atoms with van der Waals surface area (Å²) in [6, 6.07) is 17.0. The predicted octanol–water partition coefficient (Wildman–Crippen LogP) is 5.87. The van der Waals surface area contributed by atoms with Gasteiger partial charge in [0.05, 0.1) is 10.6 Å². The van der Waals surface area contributed by atoms with Crippen LogP contribution in [0.5, 0.6) is 0 Å². The van der Waals surface area contributed by atoms with Crippen LogP contribution in [0.25, 0.3) is 11.1 Å². The van der Waals surface area contributed by atoms with Gasteiger partial charge in [-0.25, -0.2) is 8.42 Å². The quantitative estimate of drug-likeness (QED) is 0.380. The SMILES string of the molecule is O=C(CN1c2ccc(Cl)cc2-c2ccccc2S1(=O)=O)NCCSCc1ccc(Cl)cc1Cl. The summed E-state index contributed by atoms with van der Waals surface area (Å²) in [6.07, 6.45) is 0. The second kappa shape index (κ2) is 10.2. The smallest absolute Gasteiger partial charge is 0.265 e. The van der Waals surface area contributed by atoms with Crippen LogP contribution in [0.2, 0.25) is 15.1 Å². The van der Waals surface area contributed by atoms with Crippen molar-refractivity contribution in [1.82, 2.24) is 5.32 Å². The second-order valence-corrected chi connectivity index (χ2v) is 11.5. The van der Waals surface area contributed by atoms with Crippen LogP contribution >= 0.6 is 46.6 Å². The predicted molar refractivity (Wildman–Crippen MR) is 137 cm³/mol. The summed E-state index contributed by atoms with van der Waals surface area (Å²) in [7, 11) is -3.89. The Labute approximate surface area is 212 Å². The Morgan fingerprint density at radius 3 is 2.45 bits per heavy atom. The van der Waals surface area contributed by atoms with Gasteiger partial charge in [0.15, 0.2) is 0 Å². The third-order valence-corrected chi connectivity index (χ3v) is 8.75. The monoisotopic (exact) mass is 540 g/mol. The molecule has 3 aromatic rings. The molecular formula is C23H19Cl3N2O3S2. The number of thioether (sulfide) groups is 1. The molecule has 1 aliphatic heterocycles. The first kappa shape index (κ1) is 24.2. The number of hydrogen-bond acceptors (Lipinski definition) is 4. The lowest BCUT2D eigenvalue weighted by molar-refractivity contribution is -0.119. The Bertz CT molecular complexity index is 1320. The van der Waals surface area contributed by atoms with Gasteiger partial charge in [-0.3, -0.25) is 9.10 Å². The summed E-state index contributed by atoms with van der Waals surface area (Å²) in [5.41, 5.74) is 2.64. The van der Waals surface area contributed by atoms with E-state index in [9.17, 15) is 13.2 Å². The third-order valence-electron chi connectivity index (χ3n) is 5.10. The fourth-order valence-corrected chi connectivity index (χ4v) is 6.78. The molecule has 1 heterocycles. The lowest BCUT2D eigenvalue weighted by atomic mass is 10.0. The number of nitrogens with zero attached hydrogens (tertiary/aromatic N) is 1. The molecule has 5 nitrogen and oxygen atoms in total. The molecule has 3 aromatic carbocycles. The summed E-state index contributed by atoms with van der Waals surface area (Å²) in [5.74, 6) is 0.938. The average molecular weight is 542 g/mol. The van der Waals surface area contributed by atoms with Crippen molar-refractivity contribution in [2.24, 2.45) is 0 Å². The van der Waals surface area contributed by atoms with Crippen molar-refractivity contribution in [3.05, 3.63) is 81.3 Å². The Kier molecular flexibility index (Phi) is 7.46. The number of sulfonamides is 1. The fourth-order valence-electron chi connectivity index (χ4n) is 3.54. The van der Waals surface area contributed by atoms with E-state index in [1.165, 1.54) is 6.07 Å². The molecule has 0 spiro atoms. The molecule has 0 saturated carbocycles. The van der Waals surface area contributed by atoms with Gasteiger partial charge < -0.3 is 5.32 Å². The minimum absolute atomic E-state index is 0.156. The lowest BCUT2D eigenvalue weighted by Crippen LogP contribution is -2.43. The number of hydrogen-bond donors (Lipinski definition) is 1. The zero-order chi connectivity index (χ0) is 23.6. The number of fused-ring (bicyclic) bond motifs is 3. The maximum absolute atomic E-state index is 13.3. The van der Waals surface area contributed by atoms with Crippen LogP contribution in [0, 0.1) is 0 Å². The molecule has 4 rings (SSSR count). The zero-order valence-electron chi connectivity index (χ0n) is 17.2. The van der Waals surface area contributed by atoms with E-state index in [2.05, 4.69) is 5.32 Å². The molecule has 0 atom stereocenters. The van der Waals surface area contributed by atoms with Gasteiger partial charge in [-0.15, -0.1) is 0 Å². The van der Waals surface area contributed by atoms with E-state index in [-0.39, 0.29) is 17.3 Å². The molecule has 1 N–H and O–H groups in total. The number of benzene rings is 3. The Morgan fingerprint density at radius 2 is 1.67 bits per heavy atom. The molecule has 0 radical (unpaired) electrons. The minimum atomic E-state index is -3.89. The number of halogens is 3. The molecule has 0 bridgehead atoms. The van der Waals surface area contributed by atoms with Gasteiger partial charge in [0.25, 0.3) is 10.0 Å². The van der Waals surface area contributed by atoms with E-state index >= 15 is 0 Å². The maximum Gasteiger partial charge on any atom is 0.265 e. The van der Waals surface area contributed by atoms with Gasteiger partial charge in [0, 0.05) is 44.2 Å². The first-order valence-corrected chi connectivity index (χ1v) is 13.7. The largest absolute Gasteiger partial charge is 0.354 e. The van der Waals surface area contributed by atoms with E-state index < -0.39 is 10.0 Å². The van der Waals surface area contributed by atoms with E-state index in [0.717, 1.165) is 9.87 Å². The van der Waals surface area contributed by atoms with Crippen molar-refractivity contribution in [3.8, 4) is 11.1 Å². The van der Waals surface area contributed by atoms with Crippen LogP contribution in [0.3, 0.4) is 0 Å². The summed E-state index contributed by atoms with van der Waals surface area (Å²) >= 11 is 19.9. The van der Waals surface area contributed by atoms with E-state index in [4.69, 9.17) is 34.8 Å². The molecule has 0 aromatic heterocycles. The van der Waals surface area contributed by atoms with Crippen LogP contribution in [-0.4, -0.2) is 33.2 Å². The molecule has 1 amide bonds. The molecule has 0 fully saturated rings. The molecular weight excluding hydrogens is 523 g/mol. The number of carbonyl (C=O) groups excluding carboxylic acids is 1. The second-order valence-electron chi connectivity index (χ2n) is 7.31. The van der Waals surface area contributed by atoms with Crippen molar-refractivity contribution >= 4 is 68.2 Å². The van der Waals surface area contributed by atoms with Crippen LogP contribution in [0.4, 0.5) is 5.69 Å².